The molecule has 0 atom stereocenters. The highest BCUT2D eigenvalue weighted by Gasteiger charge is 2.14. The van der Waals surface area contributed by atoms with Gasteiger partial charge in [-0.2, -0.15) is 0 Å². The van der Waals surface area contributed by atoms with E-state index in [-0.39, 0.29) is 16.6 Å². The Bertz CT molecular complexity index is 845. The SMILES string of the molecule is CC(=O)Nc1ccc(NC(=O)N(S)c2ccc(NC(=O)O)c(Cl)c2)cc1. The van der Waals surface area contributed by atoms with Gasteiger partial charge in [-0.25, -0.2) is 13.9 Å². The molecule has 136 valence electrons. The largest absolute Gasteiger partial charge is 0.465 e. The van der Waals surface area contributed by atoms with Gasteiger partial charge >= 0.3 is 12.1 Å². The lowest BCUT2D eigenvalue weighted by atomic mass is 10.2. The minimum absolute atomic E-state index is 0.122. The van der Waals surface area contributed by atoms with Crippen molar-refractivity contribution < 1.29 is 19.5 Å². The van der Waals surface area contributed by atoms with Gasteiger partial charge in [0.25, 0.3) is 0 Å². The summed E-state index contributed by atoms with van der Waals surface area (Å²) < 4.78 is 1.03. The summed E-state index contributed by atoms with van der Waals surface area (Å²) in [5, 5.41) is 16.2. The molecule has 0 saturated heterocycles. The van der Waals surface area contributed by atoms with E-state index < -0.39 is 12.1 Å². The van der Waals surface area contributed by atoms with Crippen LogP contribution in [0.1, 0.15) is 6.92 Å². The van der Waals surface area contributed by atoms with E-state index in [4.69, 9.17) is 16.7 Å². The Labute approximate surface area is 159 Å². The number of hydrogen-bond donors (Lipinski definition) is 5. The number of halogens is 1. The van der Waals surface area contributed by atoms with Gasteiger partial charge < -0.3 is 15.7 Å². The number of amides is 4. The van der Waals surface area contributed by atoms with E-state index in [2.05, 4.69) is 28.8 Å². The summed E-state index contributed by atoms with van der Waals surface area (Å²) in [6.07, 6.45) is -1.25. The Kier molecular flexibility index (Phi) is 6.31. The molecule has 0 aliphatic carbocycles. The second-order valence-corrected chi connectivity index (χ2v) is 5.90. The molecule has 8 nitrogen and oxygen atoms in total. The predicted molar refractivity (Wildman–Crippen MR) is 104 cm³/mol. The van der Waals surface area contributed by atoms with Crippen molar-refractivity contribution in [2.24, 2.45) is 0 Å². The zero-order chi connectivity index (χ0) is 19.3. The number of thiol groups is 1. The van der Waals surface area contributed by atoms with E-state index >= 15 is 0 Å². The van der Waals surface area contributed by atoms with Crippen LogP contribution in [0.2, 0.25) is 5.02 Å². The third-order valence-electron chi connectivity index (χ3n) is 3.09. The Balaban J connectivity index is 2.06. The summed E-state index contributed by atoms with van der Waals surface area (Å²) in [7, 11) is 0. The lowest BCUT2D eigenvalue weighted by Crippen LogP contribution is -2.26. The van der Waals surface area contributed by atoms with E-state index in [9.17, 15) is 14.4 Å². The molecule has 0 heterocycles. The van der Waals surface area contributed by atoms with Gasteiger partial charge in [0.15, 0.2) is 0 Å². The number of carbonyl (C=O) groups excluding carboxylic acids is 2. The Morgan fingerprint density at radius 2 is 1.58 bits per heavy atom. The molecule has 0 unspecified atom stereocenters. The van der Waals surface area contributed by atoms with Crippen LogP contribution in [0.5, 0.6) is 0 Å². The van der Waals surface area contributed by atoms with Crippen LogP contribution < -0.4 is 20.3 Å². The average molecular weight is 395 g/mol. The van der Waals surface area contributed by atoms with Crippen LogP contribution in [0, 0.1) is 0 Å². The summed E-state index contributed by atoms with van der Waals surface area (Å²) in [4.78, 5) is 33.9. The van der Waals surface area contributed by atoms with Crippen molar-refractivity contribution in [2.45, 2.75) is 6.92 Å². The third kappa shape index (κ3) is 5.30. The van der Waals surface area contributed by atoms with E-state index in [1.807, 2.05) is 0 Å². The fourth-order valence-electron chi connectivity index (χ4n) is 1.99. The van der Waals surface area contributed by atoms with Crippen LogP contribution in [0.25, 0.3) is 0 Å². The molecule has 0 fully saturated rings. The van der Waals surface area contributed by atoms with Gasteiger partial charge in [-0.3, -0.25) is 10.1 Å². The van der Waals surface area contributed by atoms with E-state index in [0.29, 0.717) is 17.1 Å². The molecule has 2 rings (SSSR count). The minimum Gasteiger partial charge on any atom is -0.465 e. The molecule has 4 N–H and O–H groups in total. The zero-order valence-corrected chi connectivity index (χ0v) is 15.1. The van der Waals surface area contributed by atoms with Crippen LogP contribution >= 0.6 is 24.4 Å². The van der Waals surface area contributed by atoms with Crippen molar-refractivity contribution in [3.05, 3.63) is 47.5 Å². The fraction of sp³-hybridized carbons (Fsp3) is 0.0625. The normalized spacial score (nSPS) is 9.96. The van der Waals surface area contributed by atoms with E-state index in [0.717, 1.165) is 4.31 Å². The number of hydrogen-bond acceptors (Lipinski definition) is 4. The Morgan fingerprint density at radius 1 is 1.00 bits per heavy atom. The number of nitrogens with one attached hydrogen (secondary N) is 3. The second kappa shape index (κ2) is 8.45. The topological polar surface area (TPSA) is 111 Å². The number of rotatable bonds is 4. The monoisotopic (exact) mass is 394 g/mol. The van der Waals surface area contributed by atoms with Crippen LogP contribution in [0.4, 0.5) is 32.3 Å². The number of carboxylic acid groups (broad SMARTS) is 1. The first-order chi connectivity index (χ1) is 12.3. The van der Waals surface area contributed by atoms with Gasteiger partial charge in [0.1, 0.15) is 0 Å². The van der Waals surface area contributed by atoms with Gasteiger partial charge in [0.2, 0.25) is 5.91 Å². The summed E-state index contributed by atoms with van der Waals surface area (Å²) >= 11 is 10.1. The molecule has 0 aliphatic heterocycles. The number of urea groups is 1. The van der Waals surface area contributed by atoms with Crippen LogP contribution in [0.3, 0.4) is 0 Å². The molecule has 0 saturated carbocycles. The molecule has 0 spiro atoms. The maximum atomic E-state index is 12.3. The highest BCUT2D eigenvalue weighted by atomic mass is 35.5. The van der Waals surface area contributed by atoms with Crippen molar-refractivity contribution in [1.82, 2.24) is 0 Å². The number of carbonyl (C=O) groups is 3. The summed E-state index contributed by atoms with van der Waals surface area (Å²) in [5.41, 5.74) is 1.64. The smallest absolute Gasteiger partial charge is 0.409 e. The van der Waals surface area contributed by atoms with Gasteiger partial charge in [-0.1, -0.05) is 24.4 Å². The first kappa shape index (κ1) is 19.4. The van der Waals surface area contributed by atoms with Crippen molar-refractivity contribution in [2.75, 3.05) is 20.3 Å². The van der Waals surface area contributed by atoms with Crippen molar-refractivity contribution in [3.63, 3.8) is 0 Å². The molecule has 10 heteroatoms. The predicted octanol–water partition coefficient (Wildman–Crippen LogP) is 4.27. The van der Waals surface area contributed by atoms with Crippen molar-refractivity contribution in [1.29, 1.82) is 0 Å². The lowest BCUT2D eigenvalue weighted by Gasteiger charge is -2.18. The van der Waals surface area contributed by atoms with Crippen molar-refractivity contribution >= 4 is 65.2 Å². The van der Waals surface area contributed by atoms with Gasteiger partial charge in [0.05, 0.1) is 16.4 Å². The summed E-state index contributed by atoms with van der Waals surface area (Å²) in [5.74, 6) is -0.193. The Morgan fingerprint density at radius 3 is 2.08 bits per heavy atom. The molecule has 0 aromatic heterocycles. The number of nitrogens with zero attached hydrogens (tertiary/aromatic N) is 1. The van der Waals surface area contributed by atoms with Gasteiger partial charge in [-0.05, 0) is 42.5 Å². The summed E-state index contributed by atoms with van der Waals surface area (Å²) in [6, 6.07) is 10.3. The van der Waals surface area contributed by atoms with Crippen LogP contribution in [-0.4, -0.2) is 23.1 Å². The fourth-order valence-corrected chi connectivity index (χ4v) is 2.38. The molecule has 2 aromatic rings. The standard InChI is InChI=1S/C16H15ClN4O4S/c1-9(22)18-10-2-4-11(5-3-10)19-15(23)21(26)12-6-7-14(13(17)8-12)20-16(24)25/h2-8,20,26H,1H3,(H,18,22)(H,19,23)(H,24,25). The van der Waals surface area contributed by atoms with E-state index in [1.54, 1.807) is 24.3 Å². The summed E-state index contributed by atoms with van der Waals surface area (Å²) in [6.45, 7) is 1.40. The van der Waals surface area contributed by atoms with Crippen LogP contribution in [-0.2, 0) is 4.79 Å². The highest BCUT2D eigenvalue weighted by Crippen LogP contribution is 2.29. The van der Waals surface area contributed by atoms with Gasteiger partial charge in [0, 0.05) is 18.3 Å². The van der Waals surface area contributed by atoms with Crippen LogP contribution in [0.15, 0.2) is 42.5 Å². The molecule has 26 heavy (non-hydrogen) atoms. The molecular weight excluding hydrogens is 380 g/mol. The molecule has 0 bridgehead atoms. The lowest BCUT2D eigenvalue weighted by molar-refractivity contribution is -0.114. The average Bonchev–Trinajstić information content (AvgIpc) is 2.57. The molecule has 0 aliphatic rings. The quantitative estimate of drug-likeness (QED) is 0.498. The number of anilines is 4. The Hall–Kier alpha value is -2.91. The van der Waals surface area contributed by atoms with Crippen molar-refractivity contribution in [3.8, 4) is 0 Å². The minimum atomic E-state index is -1.25. The first-order valence-electron chi connectivity index (χ1n) is 7.23. The second-order valence-electron chi connectivity index (χ2n) is 5.09. The van der Waals surface area contributed by atoms with E-state index in [1.165, 1.54) is 25.1 Å². The maximum absolute atomic E-state index is 12.3. The van der Waals surface area contributed by atoms with Gasteiger partial charge in [-0.15, -0.1) is 0 Å². The third-order valence-corrected chi connectivity index (χ3v) is 3.81. The highest BCUT2D eigenvalue weighted by molar-refractivity contribution is 7.82. The maximum Gasteiger partial charge on any atom is 0.409 e. The molecule has 4 amide bonds. The molecular formula is C16H15ClN4O4S. The zero-order valence-electron chi connectivity index (χ0n) is 13.5. The first-order valence-corrected chi connectivity index (χ1v) is 8.01. The number of benzene rings is 2. The molecule has 2 aromatic carbocycles. The molecule has 0 radical (unpaired) electrons.